The van der Waals surface area contributed by atoms with E-state index in [1.165, 1.54) is 4.57 Å². The molecule has 6 nitrogen and oxygen atoms in total. The number of nitrogens with zero attached hydrogens (tertiary/aromatic N) is 1. The normalized spacial score (nSPS) is 12.9. The number of benzene rings is 1. The van der Waals surface area contributed by atoms with Gasteiger partial charge in [-0.05, 0) is 18.2 Å². The number of nitrogens with two attached hydrogens (primary N) is 1. The molecule has 2 rings (SSSR count). The van der Waals surface area contributed by atoms with Crippen molar-refractivity contribution in [3.05, 3.63) is 28.7 Å². The van der Waals surface area contributed by atoms with Gasteiger partial charge >= 0.3 is 5.76 Å². The maximum Gasteiger partial charge on any atom is 0.419 e. The fraction of sp³-hybridized carbons (Fsp3) is 0.364. The van der Waals surface area contributed by atoms with Gasteiger partial charge in [-0.25, -0.2) is 4.79 Å². The smallest absolute Gasteiger partial charge is 0.408 e. The first-order valence-corrected chi connectivity index (χ1v) is 5.33. The van der Waals surface area contributed by atoms with Gasteiger partial charge in [0.15, 0.2) is 5.58 Å². The molecular formula is C11H15N3O3. The highest BCUT2D eigenvalue weighted by molar-refractivity contribution is 5.77. The second kappa shape index (κ2) is 4.60. The minimum absolute atomic E-state index is 0.208. The zero-order valence-corrected chi connectivity index (χ0v) is 9.51. The van der Waals surface area contributed by atoms with Gasteiger partial charge in [-0.3, -0.25) is 4.57 Å². The number of nitrogens with one attached hydrogen (secondary N) is 1. The average Bonchev–Trinajstić information content (AvgIpc) is 2.62. The summed E-state index contributed by atoms with van der Waals surface area (Å²) in [5.41, 5.74) is 7.36. The molecule has 4 N–H and O–H groups in total. The molecule has 0 radical (unpaired) electrons. The molecule has 1 heterocycles. The summed E-state index contributed by atoms with van der Waals surface area (Å²) in [6, 6.07) is 5.30. The summed E-state index contributed by atoms with van der Waals surface area (Å²) in [7, 11) is 1.65. The Morgan fingerprint density at radius 3 is 3.06 bits per heavy atom. The zero-order chi connectivity index (χ0) is 12.4. The third-order valence-electron chi connectivity index (χ3n) is 2.61. The van der Waals surface area contributed by atoms with Gasteiger partial charge < -0.3 is 20.6 Å². The van der Waals surface area contributed by atoms with Crippen LogP contribution in [0.2, 0.25) is 0 Å². The number of aliphatic hydroxyl groups is 1. The minimum atomic E-state index is -0.584. The molecule has 0 bridgehead atoms. The molecule has 1 atom stereocenters. The van der Waals surface area contributed by atoms with Crippen LogP contribution in [0, 0.1) is 0 Å². The van der Waals surface area contributed by atoms with Gasteiger partial charge in [0, 0.05) is 25.8 Å². The van der Waals surface area contributed by atoms with Crippen LogP contribution in [0.15, 0.2) is 27.4 Å². The number of aliphatic hydroxyl groups excluding tert-OH is 1. The molecule has 0 aliphatic rings. The standard InChI is InChI=1S/C11H15N3O3/c1-14-9-4-7(13-6-8(15)5-12)2-3-10(9)17-11(14)16/h2-4,8,13,15H,5-6,12H2,1H3. The Bertz CT molecular complexity index is 573. The fourth-order valence-corrected chi connectivity index (χ4v) is 1.56. The van der Waals surface area contributed by atoms with E-state index in [1.807, 2.05) is 0 Å². The Labute approximate surface area is 97.6 Å². The maximum absolute atomic E-state index is 11.3. The van der Waals surface area contributed by atoms with Crippen molar-refractivity contribution in [1.82, 2.24) is 4.57 Å². The summed E-state index contributed by atoms with van der Waals surface area (Å²) in [4.78, 5) is 11.3. The molecule has 0 saturated carbocycles. The Morgan fingerprint density at radius 1 is 1.59 bits per heavy atom. The number of rotatable bonds is 4. The van der Waals surface area contributed by atoms with Gasteiger partial charge in [0.25, 0.3) is 0 Å². The highest BCUT2D eigenvalue weighted by Crippen LogP contribution is 2.17. The molecular weight excluding hydrogens is 222 g/mol. The van der Waals surface area contributed by atoms with E-state index in [4.69, 9.17) is 10.2 Å². The summed E-state index contributed by atoms with van der Waals surface area (Å²) in [6.07, 6.45) is -0.584. The van der Waals surface area contributed by atoms with Crippen LogP contribution in [0.3, 0.4) is 0 Å². The van der Waals surface area contributed by atoms with Crippen molar-refractivity contribution >= 4 is 16.8 Å². The van der Waals surface area contributed by atoms with Gasteiger partial charge in [0.1, 0.15) is 0 Å². The molecule has 17 heavy (non-hydrogen) atoms. The van der Waals surface area contributed by atoms with Crippen LogP contribution in [-0.2, 0) is 7.05 Å². The summed E-state index contributed by atoms with van der Waals surface area (Å²) >= 11 is 0. The van der Waals surface area contributed by atoms with Gasteiger partial charge in [-0.2, -0.15) is 0 Å². The number of aryl methyl sites for hydroxylation is 1. The lowest BCUT2D eigenvalue weighted by Crippen LogP contribution is -2.27. The number of hydrogen-bond acceptors (Lipinski definition) is 5. The van der Waals surface area contributed by atoms with E-state index in [2.05, 4.69) is 5.32 Å². The molecule has 0 spiro atoms. The third kappa shape index (κ3) is 2.32. The summed E-state index contributed by atoms with van der Waals surface area (Å²) in [6.45, 7) is 0.577. The largest absolute Gasteiger partial charge is 0.419 e. The van der Waals surface area contributed by atoms with Crippen molar-refractivity contribution in [3.63, 3.8) is 0 Å². The van der Waals surface area contributed by atoms with Gasteiger partial charge in [-0.1, -0.05) is 0 Å². The first-order chi connectivity index (χ1) is 8.11. The molecule has 1 aromatic carbocycles. The van der Waals surface area contributed by atoms with Crippen LogP contribution in [0.4, 0.5) is 5.69 Å². The topological polar surface area (TPSA) is 93.4 Å². The number of oxazole rings is 1. The van der Waals surface area contributed by atoms with Crippen molar-refractivity contribution < 1.29 is 9.52 Å². The summed E-state index contributed by atoms with van der Waals surface area (Å²) in [5.74, 6) is -0.390. The highest BCUT2D eigenvalue weighted by atomic mass is 16.4. The second-order valence-electron chi connectivity index (χ2n) is 3.88. The maximum atomic E-state index is 11.3. The molecule has 1 unspecified atom stereocenters. The minimum Gasteiger partial charge on any atom is -0.408 e. The lowest BCUT2D eigenvalue weighted by molar-refractivity contribution is 0.196. The van der Waals surface area contributed by atoms with Crippen molar-refractivity contribution in [2.24, 2.45) is 12.8 Å². The lowest BCUT2D eigenvalue weighted by Gasteiger charge is -2.10. The number of aromatic nitrogens is 1. The molecule has 1 aromatic heterocycles. The first kappa shape index (κ1) is 11.7. The highest BCUT2D eigenvalue weighted by Gasteiger charge is 2.07. The predicted octanol–water partition coefficient (Wildman–Crippen LogP) is -0.137. The van der Waals surface area contributed by atoms with E-state index in [1.54, 1.807) is 25.2 Å². The fourth-order valence-electron chi connectivity index (χ4n) is 1.56. The molecule has 0 aliphatic heterocycles. The van der Waals surface area contributed by atoms with Crippen LogP contribution >= 0.6 is 0 Å². The van der Waals surface area contributed by atoms with Gasteiger partial charge in [-0.15, -0.1) is 0 Å². The Balaban J connectivity index is 2.25. The molecule has 2 aromatic rings. The number of anilines is 1. The predicted molar refractivity (Wildman–Crippen MR) is 65.0 cm³/mol. The van der Waals surface area contributed by atoms with Crippen molar-refractivity contribution in [2.45, 2.75) is 6.10 Å². The molecule has 0 amide bonds. The SMILES string of the molecule is Cn1c(=O)oc2ccc(NCC(O)CN)cc21. The first-order valence-electron chi connectivity index (χ1n) is 5.33. The van der Waals surface area contributed by atoms with Crippen LogP contribution < -0.4 is 16.8 Å². The second-order valence-corrected chi connectivity index (χ2v) is 3.88. The summed E-state index contributed by atoms with van der Waals surface area (Å²) < 4.78 is 6.44. The van der Waals surface area contributed by atoms with Gasteiger partial charge in [0.05, 0.1) is 11.6 Å². The Kier molecular flexibility index (Phi) is 3.16. The van der Waals surface area contributed by atoms with Crippen LogP contribution in [0.5, 0.6) is 0 Å². The van der Waals surface area contributed by atoms with Crippen LogP contribution in [-0.4, -0.2) is 28.9 Å². The quantitative estimate of drug-likeness (QED) is 0.688. The molecule has 0 fully saturated rings. The van der Waals surface area contributed by atoms with Crippen molar-refractivity contribution in [1.29, 1.82) is 0 Å². The number of fused-ring (bicyclic) bond motifs is 1. The average molecular weight is 237 g/mol. The van der Waals surface area contributed by atoms with Crippen LogP contribution in [0.1, 0.15) is 0 Å². The zero-order valence-electron chi connectivity index (χ0n) is 9.51. The lowest BCUT2D eigenvalue weighted by atomic mass is 10.2. The van der Waals surface area contributed by atoms with Crippen LogP contribution in [0.25, 0.3) is 11.1 Å². The number of hydrogen-bond donors (Lipinski definition) is 3. The van der Waals surface area contributed by atoms with E-state index >= 15 is 0 Å². The van der Waals surface area contributed by atoms with E-state index in [0.717, 1.165) is 5.69 Å². The monoisotopic (exact) mass is 237 g/mol. The van der Waals surface area contributed by atoms with E-state index in [0.29, 0.717) is 17.6 Å². The van der Waals surface area contributed by atoms with E-state index in [9.17, 15) is 9.90 Å². The van der Waals surface area contributed by atoms with Crippen molar-refractivity contribution in [3.8, 4) is 0 Å². The van der Waals surface area contributed by atoms with Gasteiger partial charge in [0.2, 0.25) is 0 Å². The molecule has 92 valence electrons. The van der Waals surface area contributed by atoms with E-state index in [-0.39, 0.29) is 12.3 Å². The van der Waals surface area contributed by atoms with Crippen molar-refractivity contribution in [2.75, 3.05) is 18.4 Å². The molecule has 6 heteroatoms. The molecule has 0 saturated heterocycles. The Morgan fingerprint density at radius 2 is 2.35 bits per heavy atom. The molecule has 0 aliphatic carbocycles. The third-order valence-corrected chi connectivity index (χ3v) is 2.61. The Hall–Kier alpha value is -1.79. The summed E-state index contributed by atoms with van der Waals surface area (Å²) in [5, 5.41) is 12.4. The van der Waals surface area contributed by atoms with E-state index < -0.39 is 6.10 Å².